The van der Waals surface area contributed by atoms with E-state index in [4.69, 9.17) is 0 Å². The van der Waals surface area contributed by atoms with Gasteiger partial charge in [-0.25, -0.2) is 8.78 Å². The molecular weight excluding hydrogens is 488 g/mol. The predicted molar refractivity (Wildman–Crippen MR) is 137 cm³/mol. The fourth-order valence-electron chi connectivity index (χ4n) is 5.30. The fourth-order valence-corrected chi connectivity index (χ4v) is 5.30. The van der Waals surface area contributed by atoms with Gasteiger partial charge in [-0.05, 0) is 85.6 Å². The highest BCUT2D eigenvalue weighted by Gasteiger charge is 2.48. The molecule has 3 heterocycles. The Labute approximate surface area is 219 Å². The van der Waals surface area contributed by atoms with Crippen molar-refractivity contribution in [1.29, 1.82) is 0 Å². The summed E-state index contributed by atoms with van der Waals surface area (Å²) in [5, 5.41) is 21.7. The van der Waals surface area contributed by atoms with Crippen molar-refractivity contribution >= 4 is 11.4 Å². The van der Waals surface area contributed by atoms with Gasteiger partial charge in [0.15, 0.2) is 11.6 Å². The Morgan fingerprint density at radius 2 is 1.76 bits per heavy atom. The number of nitrogens with one attached hydrogen (secondary N) is 1. The van der Waals surface area contributed by atoms with Crippen LogP contribution in [0.2, 0.25) is 0 Å². The molecule has 2 aromatic carbocycles. The van der Waals surface area contributed by atoms with Gasteiger partial charge in [0.25, 0.3) is 5.91 Å². The number of halogens is 2. The van der Waals surface area contributed by atoms with Crippen LogP contribution in [-0.2, 0) is 11.3 Å². The Morgan fingerprint density at radius 1 is 1.03 bits per heavy atom. The summed E-state index contributed by atoms with van der Waals surface area (Å²) >= 11 is 0. The number of amides is 1. The lowest BCUT2D eigenvalue weighted by Gasteiger charge is -2.31. The second-order valence-electron chi connectivity index (χ2n) is 10.4. The van der Waals surface area contributed by atoms with E-state index >= 15 is 0 Å². The standard InChI is InChI=1S/C29H29F2N5O2/c30-24-8-7-22(16-25(24)31)27(34-28(37)29(38)11-12-29)21-5-3-19(4-6-21)18-35-14-9-20(10-15-35)23-17-33-36-26(23)2-1-13-32-36/h1-8,13,16-17,20,27,38H,9-12,14-15,18H2,(H,34,37)/t27-/m0/s1. The van der Waals surface area contributed by atoms with Gasteiger partial charge in [-0.3, -0.25) is 9.69 Å². The number of aromatic nitrogens is 3. The number of rotatable bonds is 7. The zero-order chi connectivity index (χ0) is 26.3. The molecule has 2 aromatic heterocycles. The lowest BCUT2D eigenvalue weighted by atomic mass is 9.90. The van der Waals surface area contributed by atoms with Crippen LogP contribution in [0.1, 0.15) is 59.9 Å². The molecule has 1 amide bonds. The maximum atomic E-state index is 14.0. The number of carbonyl (C=O) groups excluding carboxylic acids is 1. The Balaban J connectivity index is 1.13. The van der Waals surface area contributed by atoms with E-state index in [1.165, 1.54) is 11.6 Å². The number of hydrogen-bond acceptors (Lipinski definition) is 5. The summed E-state index contributed by atoms with van der Waals surface area (Å²) in [5.41, 5.74) is 3.23. The molecule has 7 nitrogen and oxygen atoms in total. The highest BCUT2D eigenvalue weighted by Crippen LogP contribution is 2.37. The molecule has 2 fully saturated rings. The molecule has 4 aromatic rings. The van der Waals surface area contributed by atoms with Gasteiger partial charge in [-0.2, -0.15) is 14.8 Å². The highest BCUT2D eigenvalue weighted by molar-refractivity contribution is 5.88. The van der Waals surface area contributed by atoms with Gasteiger partial charge in [0, 0.05) is 18.3 Å². The third-order valence-electron chi connectivity index (χ3n) is 7.78. The highest BCUT2D eigenvalue weighted by atomic mass is 19.2. The molecule has 1 aliphatic carbocycles. The normalized spacial score (nSPS) is 18.4. The molecule has 196 valence electrons. The molecule has 2 aliphatic rings. The topological polar surface area (TPSA) is 82.8 Å². The molecule has 0 bridgehead atoms. The molecule has 9 heteroatoms. The van der Waals surface area contributed by atoms with E-state index in [2.05, 4.69) is 26.5 Å². The molecule has 1 saturated carbocycles. The van der Waals surface area contributed by atoms with Gasteiger partial charge in [0.1, 0.15) is 5.60 Å². The molecule has 38 heavy (non-hydrogen) atoms. The lowest BCUT2D eigenvalue weighted by molar-refractivity contribution is -0.131. The summed E-state index contributed by atoms with van der Waals surface area (Å²) in [7, 11) is 0. The van der Waals surface area contributed by atoms with Crippen LogP contribution in [0.15, 0.2) is 67.0 Å². The second-order valence-corrected chi connectivity index (χ2v) is 10.4. The van der Waals surface area contributed by atoms with Crippen LogP contribution in [0.5, 0.6) is 0 Å². The van der Waals surface area contributed by atoms with Crippen LogP contribution in [0.3, 0.4) is 0 Å². The van der Waals surface area contributed by atoms with Crippen LogP contribution in [0.4, 0.5) is 8.78 Å². The maximum absolute atomic E-state index is 14.0. The van der Waals surface area contributed by atoms with Gasteiger partial charge in [-0.15, -0.1) is 0 Å². The first-order valence-electron chi connectivity index (χ1n) is 13.0. The quantitative estimate of drug-likeness (QED) is 0.386. The minimum atomic E-state index is -1.37. The lowest BCUT2D eigenvalue weighted by Crippen LogP contribution is -2.39. The van der Waals surface area contributed by atoms with Crippen molar-refractivity contribution < 1.29 is 18.7 Å². The monoisotopic (exact) mass is 517 g/mol. The molecule has 6 rings (SSSR count). The van der Waals surface area contributed by atoms with E-state index in [1.807, 2.05) is 36.5 Å². The minimum Gasteiger partial charge on any atom is -0.380 e. The number of aliphatic hydroxyl groups is 1. The van der Waals surface area contributed by atoms with Crippen molar-refractivity contribution in [2.45, 2.75) is 49.8 Å². The first-order chi connectivity index (χ1) is 18.4. The van der Waals surface area contributed by atoms with Gasteiger partial charge in [0.05, 0.1) is 17.8 Å². The van der Waals surface area contributed by atoms with Crippen LogP contribution in [-0.4, -0.2) is 49.4 Å². The first kappa shape index (κ1) is 24.6. The van der Waals surface area contributed by atoms with E-state index in [-0.39, 0.29) is 0 Å². The second kappa shape index (κ2) is 9.89. The van der Waals surface area contributed by atoms with Gasteiger partial charge in [-0.1, -0.05) is 30.3 Å². The molecule has 1 aliphatic heterocycles. The molecule has 1 atom stereocenters. The number of likely N-dealkylation sites (tertiary alicyclic amines) is 1. The summed E-state index contributed by atoms with van der Waals surface area (Å²) in [6.07, 6.45) is 6.55. The molecule has 1 saturated heterocycles. The zero-order valence-electron chi connectivity index (χ0n) is 20.9. The van der Waals surface area contributed by atoms with Crippen molar-refractivity contribution in [2.75, 3.05) is 13.1 Å². The third kappa shape index (κ3) is 4.91. The van der Waals surface area contributed by atoms with E-state index in [0.717, 1.165) is 61.3 Å². The molecular formula is C29H29F2N5O2. The van der Waals surface area contributed by atoms with Crippen molar-refractivity contribution in [1.82, 2.24) is 25.0 Å². The van der Waals surface area contributed by atoms with Crippen molar-refractivity contribution in [3.8, 4) is 0 Å². The summed E-state index contributed by atoms with van der Waals surface area (Å²) in [6, 6.07) is 14.7. The average molecular weight is 518 g/mol. The van der Waals surface area contributed by atoms with Crippen LogP contribution < -0.4 is 5.32 Å². The minimum absolute atomic E-state index is 0.396. The van der Waals surface area contributed by atoms with E-state index in [0.29, 0.717) is 24.3 Å². The number of carbonyl (C=O) groups is 1. The fraction of sp³-hybridized carbons (Fsp3) is 0.345. The Bertz CT molecular complexity index is 1460. The zero-order valence-corrected chi connectivity index (χ0v) is 20.9. The number of piperidine rings is 1. The number of fused-ring (bicyclic) bond motifs is 1. The molecule has 0 spiro atoms. The number of hydrogen-bond donors (Lipinski definition) is 2. The molecule has 2 N–H and O–H groups in total. The SMILES string of the molecule is O=C(N[C@@H](c1ccc(CN2CCC(c3cnn4ncccc34)CC2)cc1)c1ccc(F)c(F)c1)C1(O)CC1. The predicted octanol–water partition coefficient (Wildman–Crippen LogP) is 4.12. The van der Waals surface area contributed by atoms with E-state index < -0.39 is 29.2 Å². The van der Waals surface area contributed by atoms with Crippen LogP contribution >= 0.6 is 0 Å². The van der Waals surface area contributed by atoms with Gasteiger partial charge in [0.2, 0.25) is 0 Å². The van der Waals surface area contributed by atoms with Crippen LogP contribution in [0.25, 0.3) is 5.52 Å². The average Bonchev–Trinajstić information content (AvgIpc) is 3.55. The van der Waals surface area contributed by atoms with Gasteiger partial charge < -0.3 is 10.4 Å². The largest absolute Gasteiger partial charge is 0.380 e. The maximum Gasteiger partial charge on any atom is 0.252 e. The van der Waals surface area contributed by atoms with Gasteiger partial charge >= 0.3 is 0 Å². The summed E-state index contributed by atoms with van der Waals surface area (Å²) in [5.74, 6) is -1.97. The van der Waals surface area contributed by atoms with E-state index in [1.54, 1.807) is 10.8 Å². The summed E-state index contributed by atoms with van der Waals surface area (Å²) < 4.78 is 29.3. The Morgan fingerprint density at radius 3 is 2.47 bits per heavy atom. The first-order valence-corrected chi connectivity index (χ1v) is 13.0. The third-order valence-corrected chi connectivity index (χ3v) is 7.78. The van der Waals surface area contributed by atoms with Crippen molar-refractivity contribution in [2.24, 2.45) is 0 Å². The molecule has 0 unspecified atom stereocenters. The molecule has 0 radical (unpaired) electrons. The summed E-state index contributed by atoms with van der Waals surface area (Å²) in [4.78, 5) is 15.0. The number of nitrogens with zero attached hydrogens (tertiary/aromatic N) is 4. The Hall–Kier alpha value is -3.69. The Kier molecular flexibility index (Phi) is 6.41. The van der Waals surface area contributed by atoms with Crippen molar-refractivity contribution in [3.05, 3.63) is 101 Å². The number of benzene rings is 2. The van der Waals surface area contributed by atoms with E-state index in [9.17, 15) is 18.7 Å². The van der Waals surface area contributed by atoms with Crippen LogP contribution in [0, 0.1) is 11.6 Å². The van der Waals surface area contributed by atoms with Crippen molar-refractivity contribution in [3.63, 3.8) is 0 Å². The smallest absolute Gasteiger partial charge is 0.252 e. The summed E-state index contributed by atoms with van der Waals surface area (Å²) in [6.45, 7) is 2.73.